The van der Waals surface area contributed by atoms with Gasteiger partial charge in [0.2, 0.25) is 5.91 Å². The molecule has 7 heteroatoms. The number of rotatable bonds is 7. The van der Waals surface area contributed by atoms with Crippen LogP contribution in [0.25, 0.3) is 11.0 Å². The summed E-state index contributed by atoms with van der Waals surface area (Å²) in [5.74, 6) is 0.114. The van der Waals surface area contributed by atoms with Crippen LogP contribution in [-0.4, -0.2) is 33.6 Å². The molecule has 114 valence electrons. The average Bonchev–Trinajstić information content (AvgIpc) is 3.02. The number of aliphatic hydroxyl groups excluding tert-OH is 1. The molecule has 0 saturated heterocycles. The minimum Gasteiger partial charge on any atom is -0.396 e. The quantitative estimate of drug-likeness (QED) is 0.607. The van der Waals surface area contributed by atoms with Crippen LogP contribution in [0.4, 0.5) is 0 Å². The maximum Gasteiger partial charge on any atom is 0.244 e. The molecule has 2 heterocycles. The highest BCUT2D eigenvalue weighted by atomic mass is 35.5. The first kappa shape index (κ1) is 16.0. The van der Waals surface area contributed by atoms with Crippen molar-refractivity contribution in [2.24, 2.45) is 5.92 Å². The molecule has 0 aliphatic carbocycles. The molecule has 0 spiro atoms. The Kier molecular flexibility index (Phi) is 5.78. The van der Waals surface area contributed by atoms with Crippen LogP contribution in [0.2, 0.25) is 5.15 Å². The Hall–Kier alpha value is -1.37. The third-order valence-electron chi connectivity index (χ3n) is 3.13. The lowest BCUT2D eigenvalue weighted by Gasteiger charge is -2.07. The van der Waals surface area contributed by atoms with Gasteiger partial charge in [0.1, 0.15) is 0 Å². The minimum absolute atomic E-state index is 0.159. The summed E-state index contributed by atoms with van der Waals surface area (Å²) in [6, 6.07) is 0. The highest BCUT2D eigenvalue weighted by Crippen LogP contribution is 2.22. The van der Waals surface area contributed by atoms with Gasteiger partial charge in [-0.25, -0.2) is 4.98 Å². The number of carbonyl (C=O) groups excluding carboxylic acids is 1. The summed E-state index contributed by atoms with van der Waals surface area (Å²) in [6.45, 7) is 2.77. The molecule has 0 saturated carbocycles. The van der Waals surface area contributed by atoms with Crippen molar-refractivity contribution in [2.75, 3.05) is 13.2 Å². The van der Waals surface area contributed by atoms with Crippen molar-refractivity contribution in [3.63, 3.8) is 0 Å². The van der Waals surface area contributed by atoms with Gasteiger partial charge < -0.3 is 10.4 Å². The number of nitrogens with zero attached hydrogens (tertiary/aromatic N) is 2. The molecule has 1 atom stereocenters. The number of aromatic nitrogens is 2. The number of fused-ring (bicyclic) bond motifs is 1. The number of aliphatic hydroxyl groups is 1. The first-order valence-electron chi connectivity index (χ1n) is 6.79. The normalized spacial score (nSPS) is 13.1. The van der Waals surface area contributed by atoms with Gasteiger partial charge in [-0.1, -0.05) is 18.5 Å². The van der Waals surface area contributed by atoms with Gasteiger partial charge in [-0.3, -0.25) is 9.20 Å². The lowest BCUT2D eigenvalue weighted by Crippen LogP contribution is -2.22. The van der Waals surface area contributed by atoms with Crippen LogP contribution in [0.3, 0.4) is 0 Å². The number of thiazole rings is 1. The standard InChI is InChI=1S/C14H18ClN3O2S/c1-10(9-19)3-2-6-16-12(20)5-4-11-13(15)17-14-18(11)7-8-21-14/h4-5,7-8,10,19H,2-3,6,9H2,1H3,(H,16,20)/b5-4+. The zero-order chi connectivity index (χ0) is 15.2. The number of halogens is 1. The molecule has 0 aliphatic rings. The maximum atomic E-state index is 11.7. The monoisotopic (exact) mass is 327 g/mol. The second-order valence-electron chi connectivity index (χ2n) is 4.90. The summed E-state index contributed by atoms with van der Waals surface area (Å²) in [5, 5.41) is 14.0. The number of hydrogen-bond donors (Lipinski definition) is 2. The van der Waals surface area contributed by atoms with E-state index in [9.17, 15) is 4.79 Å². The molecule has 0 radical (unpaired) electrons. The van der Waals surface area contributed by atoms with E-state index in [0.717, 1.165) is 17.8 Å². The van der Waals surface area contributed by atoms with Crippen molar-refractivity contribution in [1.82, 2.24) is 14.7 Å². The molecule has 5 nitrogen and oxygen atoms in total. The largest absolute Gasteiger partial charge is 0.396 e. The van der Waals surface area contributed by atoms with E-state index in [-0.39, 0.29) is 18.4 Å². The van der Waals surface area contributed by atoms with E-state index in [4.69, 9.17) is 16.7 Å². The number of carbonyl (C=O) groups is 1. The Balaban J connectivity index is 1.85. The van der Waals surface area contributed by atoms with E-state index in [0.29, 0.717) is 17.4 Å². The number of nitrogens with one attached hydrogen (secondary N) is 1. The lowest BCUT2D eigenvalue weighted by molar-refractivity contribution is -0.116. The topological polar surface area (TPSA) is 66.6 Å². The van der Waals surface area contributed by atoms with Gasteiger partial charge in [0.15, 0.2) is 10.1 Å². The Labute approximate surface area is 132 Å². The fourth-order valence-electron chi connectivity index (χ4n) is 1.89. The van der Waals surface area contributed by atoms with Gasteiger partial charge >= 0.3 is 0 Å². The predicted molar refractivity (Wildman–Crippen MR) is 85.6 cm³/mol. The third kappa shape index (κ3) is 4.30. The van der Waals surface area contributed by atoms with Gasteiger partial charge in [0.05, 0.1) is 5.69 Å². The molecule has 2 N–H and O–H groups in total. The molecule has 0 bridgehead atoms. The van der Waals surface area contributed by atoms with Gasteiger partial charge in [-0.15, -0.1) is 11.3 Å². The smallest absolute Gasteiger partial charge is 0.244 e. The Morgan fingerprint density at radius 1 is 1.67 bits per heavy atom. The summed E-state index contributed by atoms with van der Waals surface area (Å²) in [7, 11) is 0. The fourth-order valence-corrected chi connectivity index (χ4v) is 2.90. The van der Waals surface area contributed by atoms with Crippen LogP contribution in [0.15, 0.2) is 17.7 Å². The molecule has 0 fully saturated rings. The van der Waals surface area contributed by atoms with Gasteiger partial charge in [-0.05, 0) is 24.8 Å². The number of amides is 1. The predicted octanol–water partition coefficient (Wildman–Crippen LogP) is 2.59. The molecule has 1 amide bonds. The van der Waals surface area contributed by atoms with Crippen LogP contribution in [0.5, 0.6) is 0 Å². The van der Waals surface area contributed by atoms with E-state index in [1.54, 1.807) is 6.08 Å². The molecule has 2 aromatic heterocycles. The highest BCUT2D eigenvalue weighted by Gasteiger charge is 2.08. The highest BCUT2D eigenvalue weighted by molar-refractivity contribution is 7.15. The van der Waals surface area contributed by atoms with Crippen molar-refractivity contribution >= 4 is 39.9 Å². The molecule has 0 aliphatic heterocycles. The number of imidazole rings is 1. The Morgan fingerprint density at radius 2 is 2.48 bits per heavy atom. The van der Waals surface area contributed by atoms with Crippen molar-refractivity contribution in [3.8, 4) is 0 Å². The van der Waals surface area contributed by atoms with E-state index in [1.165, 1.54) is 17.4 Å². The van der Waals surface area contributed by atoms with E-state index < -0.39 is 0 Å². The van der Waals surface area contributed by atoms with Crippen LogP contribution in [0.1, 0.15) is 25.5 Å². The van der Waals surface area contributed by atoms with Crippen molar-refractivity contribution in [3.05, 3.63) is 28.5 Å². The molecule has 0 aromatic carbocycles. The SMILES string of the molecule is CC(CO)CCCNC(=O)/C=C/c1c(Cl)nc2sccn12. The minimum atomic E-state index is -0.159. The summed E-state index contributed by atoms with van der Waals surface area (Å²) >= 11 is 7.53. The average molecular weight is 328 g/mol. The molecule has 21 heavy (non-hydrogen) atoms. The molecular weight excluding hydrogens is 310 g/mol. The van der Waals surface area contributed by atoms with Crippen LogP contribution < -0.4 is 5.32 Å². The Bertz CT molecular complexity index is 635. The van der Waals surface area contributed by atoms with Gasteiger partial charge in [0.25, 0.3) is 0 Å². The van der Waals surface area contributed by atoms with E-state index >= 15 is 0 Å². The molecule has 2 rings (SSSR count). The molecule has 1 unspecified atom stereocenters. The van der Waals surface area contributed by atoms with Gasteiger partial charge in [0, 0.05) is 30.8 Å². The summed E-state index contributed by atoms with van der Waals surface area (Å²) in [4.78, 5) is 16.7. The zero-order valence-electron chi connectivity index (χ0n) is 11.8. The summed E-state index contributed by atoms with van der Waals surface area (Å²) < 4.78 is 1.85. The maximum absolute atomic E-state index is 11.7. The lowest BCUT2D eigenvalue weighted by atomic mass is 10.1. The summed E-state index contributed by atoms with van der Waals surface area (Å²) in [6.07, 6.45) is 6.74. The van der Waals surface area contributed by atoms with E-state index in [2.05, 4.69) is 10.3 Å². The number of hydrogen-bond acceptors (Lipinski definition) is 4. The summed E-state index contributed by atoms with van der Waals surface area (Å²) in [5.41, 5.74) is 0.706. The van der Waals surface area contributed by atoms with Crippen molar-refractivity contribution < 1.29 is 9.90 Å². The fraction of sp³-hybridized carbons (Fsp3) is 0.429. The van der Waals surface area contributed by atoms with Crippen LogP contribution in [0, 0.1) is 5.92 Å². The second kappa shape index (κ2) is 7.59. The van der Waals surface area contributed by atoms with Crippen LogP contribution >= 0.6 is 22.9 Å². The first-order chi connectivity index (χ1) is 10.1. The second-order valence-corrected chi connectivity index (χ2v) is 6.13. The molecule has 2 aromatic rings. The third-order valence-corrected chi connectivity index (χ3v) is 4.17. The van der Waals surface area contributed by atoms with Gasteiger partial charge in [-0.2, -0.15) is 0 Å². The van der Waals surface area contributed by atoms with E-state index in [1.807, 2.05) is 22.9 Å². The molecular formula is C14H18ClN3O2S. The van der Waals surface area contributed by atoms with Crippen molar-refractivity contribution in [2.45, 2.75) is 19.8 Å². The van der Waals surface area contributed by atoms with Crippen LogP contribution in [-0.2, 0) is 4.79 Å². The Morgan fingerprint density at radius 3 is 3.24 bits per heavy atom. The zero-order valence-corrected chi connectivity index (χ0v) is 13.3. The first-order valence-corrected chi connectivity index (χ1v) is 8.05. The van der Waals surface area contributed by atoms with Crippen molar-refractivity contribution in [1.29, 1.82) is 0 Å².